The van der Waals surface area contributed by atoms with Gasteiger partial charge in [0.15, 0.2) is 0 Å². The average molecular weight is 382 g/mol. The number of carbonyl (C=O) groups is 1. The second-order valence-corrected chi connectivity index (χ2v) is 7.76. The summed E-state index contributed by atoms with van der Waals surface area (Å²) in [6.45, 7) is 4.40. The fourth-order valence-electron chi connectivity index (χ4n) is 2.86. The Hall–Kier alpha value is -2.86. The first-order valence-corrected chi connectivity index (χ1v) is 9.67. The molecule has 27 heavy (non-hydrogen) atoms. The van der Waals surface area contributed by atoms with Crippen LogP contribution >= 0.6 is 11.3 Å². The van der Waals surface area contributed by atoms with Gasteiger partial charge in [0.05, 0.1) is 12.2 Å². The van der Waals surface area contributed by atoms with Crippen LogP contribution < -0.4 is 10.6 Å². The van der Waals surface area contributed by atoms with Crippen molar-refractivity contribution in [3.63, 3.8) is 0 Å². The van der Waals surface area contributed by atoms with Gasteiger partial charge in [0.2, 0.25) is 0 Å². The zero-order chi connectivity index (χ0) is 19.2. The number of nitrogens with one attached hydrogen (secondary N) is 2. The highest BCUT2D eigenvalue weighted by Gasteiger charge is 2.12. The van der Waals surface area contributed by atoms with Gasteiger partial charge in [0.25, 0.3) is 0 Å². The van der Waals surface area contributed by atoms with Gasteiger partial charge in [-0.25, -0.2) is 9.78 Å². The van der Waals surface area contributed by atoms with Gasteiger partial charge in [-0.3, -0.25) is 0 Å². The maximum Gasteiger partial charge on any atom is 0.315 e. The third-order valence-corrected chi connectivity index (χ3v) is 5.11. The predicted molar refractivity (Wildman–Crippen MR) is 109 cm³/mol. The summed E-state index contributed by atoms with van der Waals surface area (Å²) in [5.74, 6) is 0.241. The van der Waals surface area contributed by atoms with E-state index in [1.807, 2.05) is 56.3 Å². The van der Waals surface area contributed by atoms with Crippen molar-refractivity contribution in [2.75, 3.05) is 0 Å². The van der Waals surface area contributed by atoms with Crippen molar-refractivity contribution in [2.24, 2.45) is 0 Å². The molecule has 0 fully saturated rings. The summed E-state index contributed by atoms with van der Waals surface area (Å²) < 4.78 is 0. The first-order chi connectivity index (χ1) is 13.0. The number of aryl methyl sites for hydroxylation is 1. The summed E-state index contributed by atoms with van der Waals surface area (Å²) in [4.78, 5) is 17.9. The highest BCUT2D eigenvalue weighted by Crippen LogP contribution is 2.27. The van der Waals surface area contributed by atoms with Gasteiger partial charge in [-0.1, -0.05) is 42.5 Å². The number of hydrogen-bond donors (Lipinski definition) is 3. The zero-order valence-electron chi connectivity index (χ0n) is 15.4. The molecule has 0 saturated heterocycles. The topological polar surface area (TPSA) is 74.2 Å². The van der Waals surface area contributed by atoms with Crippen LogP contribution in [0.2, 0.25) is 0 Å². The fraction of sp³-hybridized carbons (Fsp3) is 0.238. The maximum absolute atomic E-state index is 12.1. The average Bonchev–Trinajstić information content (AvgIpc) is 3.03. The molecule has 0 radical (unpaired) electrons. The predicted octanol–water partition coefficient (Wildman–Crippen LogP) is 4.25. The Bertz CT molecular complexity index is 892. The van der Waals surface area contributed by atoms with Crippen LogP contribution in [0.15, 0.2) is 54.6 Å². The van der Waals surface area contributed by atoms with Gasteiger partial charge in [-0.05, 0) is 38.0 Å². The summed E-state index contributed by atoms with van der Waals surface area (Å²) >= 11 is 1.60. The third-order valence-electron chi connectivity index (χ3n) is 4.14. The number of nitrogens with zero attached hydrogens (tertiary/aromatic N) is 1. The summed E-state index contributed by atoms with van der Waals surface area (Å²) in [5, 5.41) is 16.0. The molecule has 2 amide bonds. The second-order valence-electron chi connectivity index (χ2n) is 6.48. The largest absolute Gasteiger partial charge is 0.508 e. The molecule has 0 bridgehead atoms. The fourth-order valence-corrected chi connectivity index (χ4v) is 3.75. The van der Waals surface area contributed by atoms with Gasteiger partial charge in [0.1, 0.15) is 10.8 Å². The highest BCUT2D eigenvalue weighted by atomic mass is 32.1. The van der Waals surface area contributed by atoms with Crippen LogP contribution in [0, 0.1) is 6.92 Å². The van der Waals surface area contributed by atoms with E-state index < -0.39 is 0 Å². The number of carbonyl (C=O) groups excluding carboxylic acids is 1. The van der Waals surface area contributed by atoms with Crippen LogP contribution in [0.25, 0.3) is 11.3 Å². The SMILES string of the molecule is Cc1sc(CNC(=O)N[C@@H](C)Cc2ccc(O)cc2)nc1-c1ccccc1. The summed E-state index contributed by atoms with van der Waals surface area (Å²) in [6, 6.07) is 16.8. The zero-order valence-corrected chi connectivity index (χ0v) is 16.2. The van der Waals surface area contributed by atoms with Gasteiger partial charge in [0, 0.05) is 16.5 Å². The highest BCUT2D eigenvalue weighted by molar-refractivity contribution is 7.12. The minimum Gasteiger partial charge on any atom is -0.508 e. The number of urea groups is 1. The van der Waals surface area contributed by atoms with Crippen molar-refractivity contribution in [3.8, 4) is 17.0 Å². The van der Waals surface area contributed by atoms with E-state index in [1.54, 1.807) is 23.5 Å². The molecular weight excluding hydrogens is 358 g/mol. The van der Waals surface area contributed by atoms with E-state index in [9.17, 15) is 9.90 Å². The summed E-state index contributed by atoms with van der Waals surface area (Å²) in [6.07, 6.45) is 0.697. The molecule has 0 saturated carbocycles. The van der Waals surface area contributed by atoms with Crippen LogP contribution in [0.3, 0.4) is 0 Å². The first-order valence-electron chi connectivity index (χ1n) is 8.85. The van der Waals surface area contributed by atoms with Gasteiger partial charge >= 0.3 is 6.03 Å². The number of rotatable bonds is 6. The molecule has 1 atom stereocenters. The Kier molecular flexibility index (Phi) is 6.08. The Balaban J connectivity index is 1.51. The van der Waals surface area contributed by atoms with E-state index in [1.165, 1.54) is 0 Å². The Morgan fingerprint density at radius 1 is 1.15 bits per heavy atom. The second kappa shape index (κ2) is 8.68. The van der Waals surface area contributed by atoms with Gasteiger partial charge in [-0.15, -0.1) is 11.3 Å². The molecule has 0 aliphatic heterocycles. The van der Waals surface area contributed by atoms with Crippen LogP contribution in [0.5, 0.6) is 5.75 Å². The lowest BCUT2D eigenvalue weighted by Gasteiger charge is -2.14. The lowest BCUT2D eigenvalue weighted by Crippen LogP contribution is -2.41. The number of aromatic nitrogens is 1. The molecule has 0 aliphatic rings. The molecule has 3 aromatic rings. The summed E-state index contributed by atoms with van der Waals surface area (Å²) in [7, 11) is 0. The third kappa shape index (κ3) is 5.31. The molecule has 0 unspecified atom stereocenters. The van der Waals surface area contributed by atoms with E-state index >= 15 is 0 Å². The van der Waals surface area contributed by atoms with Gasteiger partial charge in [-0.2, -0.15) is 0 Å². The van der Waals surface area contributed by atoms with Crippen LogP contribution in [0.1, 0.15) is 22.4 Å². The molecule has 140 valence electrons. The molecule has 5 nitrogen and oxygen atoms in total. The molecule has 0 aliphatic carbocycles. The number of phenolic OH excluding ortho intramolecular Hbond substituents is 1. The minimum absolute atomic E-state index is 0.0209. The number of hydrogen-bond acceptors (Lipinski definition) is 4. The molecular formula is C21H23N3O2S. The van der Waals surface area contributed by atoms with E-state index in [0.29, 0.717) is 13.0 Å². The van der Waals surface area contributed by atoms with Gasteiger partial charge < -0.3 is 15.7 Å². The number of thiazole rings is 1. The standard InChI is InChI=1S/C21H23N3O2S/c1-14(12-16-8-10-18(25)11-9-16)23-21(26)22-13-19-24-20(15(2)27-19)17-6-4-3-5-7-17/h3-11,14,25H,12-13H2,1-2H3,(H2,22,23,26)/t14-/m0/s1. The Labute approximate surface area is 163 Å². The van der Waals surface area contributed by atoms with Crippen molar-refractivity contribution < 1.29 is 9.90 Å². The number of benzene rings is 2. The van der Waals surface area contributed by atoms with Crippen LogP contribution in [-0.4, -0.2) is 22.2 Å². The van der Waals surface area contributed by atoms with Crippen molar-refractivity contribution in [2.45, 2.75) is 32.9 Å². The van der Waals surface area contributed by atoms with Crippen molar-refractivity contribution >= 4 is 17.4 Å². The molecule has 3 N–H and O–H groups in total. The smallest absolute Gasteiger partial charge is 0.315 e. The van der Waals surface area contributed by atoms with Crippen molar-refractivity contribution in [1.82, 2.24) is 15.6 Å². The molecule has 1 aromatic heterocycles. The summed E-state index contributed by atoms with van der Waals surface area (Å²) in [5.41, 5.74) is 3.12. The molecule has 1 heterocycles. The van der Waals surface area contributed by atoms with Crippen molar-refractivity contribution in [3.05, 3.63) is 70.0 Å². The first kappa shape index (κ1) is 18.9. The lowest BCUT2D eigenvalue weighted by atomic mass is 10.1. The van der Waals surface area contributed by atoms with Crippen molar-refractivity contribution in [1.29, 1.82) is 0 Å². The van der Waals surface area contributed by atoms with E-state index in [-0.39, 0.29) is 17.8 Å². The normalized spacial score (nSPS) is 11.8. The lowest BCUT2D eigenvalue weighted by molar-refractivity contribution is 0.237. The Morgan fingerprint density at radius 2 is 1.85 bits per heavy atom. The molecule has 6 heteroatoms. The monoisotopic (exact) mass is 381 g/mol. The van der Waals surface area contributed by atoms with E-state index in [4.69, 9.17) is 0 Å². The molecule has 0 spiro atoms. The van der Waals surface area contributed by atoms with E-state index in [2.05, 4.69) is 15.6 Å². The van der Waals surface area contributed by atoms with E-state index in [0.717, 1.165) is 26.7 Å². The quantitative estimate of drug-likeness (QED) is 0.597. The van der Waals surface area contributed by atoms with Crippen LogP contribution in [-0.2, 0) is 13.0 Å². The minimum atomic E-state index is -0.213. The van der Waals surface area contributed by atoms with Crippen LogP contribution in [0.4, 0.5) is 4.79 Å². The number of phenols is 1. The molecule has 2 aromatic carbocycles. The molecule has 3 rings (SSSR count). The maximum atomic E-state index is 12.1. The number of amides is 2. The Morgan fingerprint density at radius 3 is 2.56 bits per heavy atom. The number of aromatic hydroxyl groups is 1.